The van der Waals surface area contributed by atoms with Gasteiger partial charge in [0.2, 0.25) is 6.08 Å². The number of sulfonamides is 2. The van der Waals surface area contributed by atoms with E-state index in [0.29, 0.717) is 11.4 Å². The Balaban J connectivity index is 0.000000168. The highest BCUT2D eigenvalue weighted by atomic mass is 32.2. The summed E-state index contributed by atoms with van der Waals surface area (Å²) in [6, 6.07) is 6.22. The molecule has 4 aliphatic carbocycles. The minimum atomic E-state index is -4.18. The molecule has 2 amide bonds. The number of carbonyl (C=O) groups excluding carboxylic acids is 2. The third kappa shape index (κ3) is 9.59. The van der Waals surface area contributed by atoms with E-state index in [2.05, 4.69) is 37.4 Å². The number of rotatable bonds is 9. The number of benzene rings is 2. The minimum Gasteiger partial charge on any atom is -0.387 e. The van der Waals surface area contributed by atoms with Gasteiger partial charge in [-0.3, -0.25) is 9.36 Å². The van der Waals surface area contributed by atoms with E-state index < -0.39 is 38.3 Å². The maximum atomic E-state index is 12.8. The summed E-state index contributed by atoms with van der Waals surface area (Å²) in [5, 5.41) is 34.6. The van der Waals surface area contributed by atoms with Crippen molar-refractivity contribution in [1.29, 1.82) is 0 Å². The number of aryl methyl sites for hydroxylation is 4. The van der Waals surface area contributed by atoms with Crippen LogP contribution in [0.25, 0.3) is 0 Å². The molecule has 18 heteroatoms. The average Bonchev–Trinajstić information content (AvgIpc) is 4.02. The van der Waals surface area contributed by atoms with E-state index >= 15 is 0 Å². The Hall–Kier alpha value is -4.71. The molecule has 4 aromatic rings. The molecule has 2 aromatic carbocycles. The number of nitrogens with zero attached hydrogens (tertiary/aromatic N) is 5. The second-order valence-electron chi connectivity index (χ2n) is 16.5. The summed E-state index contributed by atoms with van der Waals surface area (Å²) in [6.07, 6.45) is 12.8. The van der Waals surface area contributed by atoms with Gasteiger partial charge in [0, 0.05) is 29.9 Å². The summed E-state index contributed by atoms with van der Waals surface area (Å²) >= 11 is 0. The van der Waals surface area contributed by atoms with Crippen molar-refractivity contribution < 1.29 is 36.6 Å². The molecule has 0 aliphatic heterocycles. The number of primary sulfonamides is 1. The number of aliphatic hydroxyl groups excluding tert-OH is 2. The number of urea groups is 1. The Morgan fingerprint density at radius 2 is 1.08 bits per heavy atom. The largest absolute Gasteiger partial charge is 0.387 e. The maximum Gasteiger partial charge on any atom is 0.333 e. The number of nitrogens with one attached hydrogen (secondary N) is 2. The zero-order valence-electron chi connectivity index (χ0n) is 35.1. The molecule has 4 aliphatic rings. The first-order chi connectivity index (χ1) is 28.3. The van der Waals surface area contributed by atoms with Gasteiger partial charge in [-0.1, -0.05) is 12.1 Å². The smallest absolute Gasteiger partial charge is 0.333 e. The zero-order chi connectivity index (χ0) is 43.7. The third-order valence-corrected chi connectivity index (χ3v) is 13.4. The van der Waals surface area contributed by atoms with Gasteiger partial charge in [0.1, 0.15) is 0 Å². The lowest BCUT2D eigenvalue weighted by Crippen LogP contribution is -2.35. The van der Waals surface area contributed by atoms with Crippen molar-refractivity contribution in [2.24, 2.45) is 10.1 Å². The summed E-state index contributed by atoms with van der Waals surface area (Å²) in [5.74, 6) is 0. The molecule has 0 bridgehead atoms. The second kappa shape index (κ2) is 18.1. The lowest BCUT2D eigenvalue weighted by molar-refractivity contribution is 0.184. The van der Waals surface area contributed by atoms with Crippen LogP contribution in [0, 0.1) is 0 Å². The molecule has 2 unspecified atom stereocenters. The molecular formula is C42H56N8O8S2. The van der Waals surface area contributed by atoms with Crippen LogP contribution >= 0.6 is 0 Å². The van der Waals surface area contributed by atoms with Crippen molar-refractivity contribution >= 4 is 43.5 Å². The number of amides is 2. The van der Waals surface area contributed by atoms with E-state index in [4.69, 9.17) is 5.14 Å². The molecule has 0 fully saturated rings. The minimum absolute atomic E-state index is 0.0369. The summed E-state index contributed by atoms with van der Waals surface area (Å²) < 4.78 is 52.7. The first kappa shape index (κ1) is 44.8. The van der Waals surface area contributed by atoms with Crippen molar-refractivity contribution in [1.82, 2.24) is 24.3 Å². The van der Waals surface area contributed by atoms with E-state index in [-0.39, 0.29) is 22.1 Å². The van der Waals surface area contributed by atoms with Gasteiger partial charge >= 0.3 is 6.03 Å². The molecule has 6 N–H and O–H groups in total. The molecule has 0 saturated heterocycles. The first-order valence-corrected chi connectivity index (χ1v) is 23.7. The fourth-order valence-electron chi connectivity index (χ4n) is 8.74. The molecule has 16 nitrogen and oxygen atoms in total. The van der Waals surface area contributed by atoms with E-state index in [1.807, 2.05) is 27.7 Å². The van der Waals surface area contributed by atoms with Crippen LogP contribution < -0.4 is 15.2 Å². The molecule has 2 atom stereocenters. The van der Waals surface area contributed by atoms with E-state index in [9.17, 15) is 36.6 Å². The molecular weight excluding hydrogens is 809 g/mol. The lowest BCUT2D eigenvalue weighted by Gasteiger charge is -2.16. The Bertz CT molecular complexity index is 2440. The van der Waals surface area contributed by atoms with Gasteiger partial charge in [-0.2, -0.15) is 23.6 Å². The fraction of sp³-hybridized carbons (Fsp3) is 0.524. The summed E-state index contributed by atoms with van der Waals surface area (Å²) in [5.41, 5.74) is 12.8. The molecule has 2 aromatic heterocycles. The van der Waals surface area contributed by atoms with E-state index in [1.165, 1.54) is 67.7 Å². The normalized spacial score (nSPS) is 16.1. The summed E-state index contributed by atoms with van der Waals surface area (Å²) in [4.78, 5) is 27.1. The predicted octanol–water partition coefficient (Wildman–Crippen LogP) is 5.80. The van der Waals surface area contributed by atoms with Gasteiger partial charge in [-0.15, -0.1) is 0 Å². The van der Waals surface area contributed by atoms with Crippen molar-refractivity contribution in [2.45, 2.75) is 153 Å². The molecule has 0 saturated carbocycles. The van der Waals surface area contributed by atoms with Gasteiger partial charge in [0.25, 0.3) is 20.0 Å². The second-order valence-corrected chi connectivity index (χ2v) is 19.6. The number of anilines is 1. The maximum absolute atomic E-state index is 12.8. The van der Waals surface area contributed by atoms with Crippen molar-refractivity contribution in [2.75, 3.05) is 5.32 Å². The van der Waals surface area contributed by atoms with Gasteiger partial charge < -0.3 is 15.5 Å². The van der Waals surface area contributed by atoms with Gasteiger partial charge in [-0.25, -0.2) is 27.9 Å². The molecule has 60 heavy (non-hydrogen) atoms. The zero-order valence-corrected chi connectivity index (χ0v) is 36.7. The van der Waals surface area contributed by atoms with Gasteiger partial charge in [0.15, 0.2) is 10.1 Å². The molecule has 0 spiro atoms. The third-order valence-electron chi connectivity index (χ3n) is 11.4. The number of isocyanates is 1. The van der Waals surface area contributed by atoms with Gasteiger partial charge in [0.05, 0.1) is 29.3 Å². The number of nitrogens with two attached hydrogens (primary N) is 1. The Morgan fingerprint density at radius 3 is 1.47 bits per heavy atom. The van der Waals surface area contributed by atoms with Crippen molar-refractivity contribution in [3.8, 4) is 0 Å². The highest BCUT2D eigenvalue weighted by Gasteiger charge is 2.29. The van der Waals surface area contributed by atoms with Crippen LogP contribution in [-0.2, 0) is 76.2 Å². The Morgan fingerprint density at radius 1 is 0.683 bits per heavy atom. The highest BCUT2D eigenvalue weighted by Crippen LogP contribution is 2.40. The summed E-state index contributed by atoms with van der Waals surface area (Å²) in [6.45, 7) is 10.4. The fourth-order valence-corrected chi connectivity index (χ4v) is 10.1. The number of carbonyl (C=O) groups is 1. The number of aliphatic imine (C=N–C) groups is 1. The van der Waals surface area contributed by atoms with Crippen LogP contribution in [0.4, 0.5) is 16.2 Å². The van der Waals surface area contributed by atoms with Crippen LogP contribution in [0.2, 0.25) is 0 Å². The number of aromatic nitrogens is 4. The molecule has 324 valence electrons. The highest BCUT2D eigenvalue weighted by molar-refractivity contribution is 7.90. The van der Waals surface area contributed by atoms with Gasteiger partial charge in [-0.05, 0) is 163 Å². The van der Waals surface area contributed by atoms with Crippen LogP contribution in [-0.4, -0.2) is 58.7 Å². The first-order valence-electron chi connectivity index (χ1n) is 20.6. The van der Waals surface area contributed by atoms with Crippen LogP contribution in [0.15, 0.2) is 39.3 Å². The molecule has 8 rings (SSSR count). The SMILES string of the molecule is CC(O)c1cc(S(=O)(=O)NC(=O)Nc2c3c(cc4c2CCC4)CCC3)nn1C(C)C.CC(O)c1cc(S(N)(=O)=O)nn1C(C)C.O=C=Nc1c2c(cc3c1CCC3)CCC2. The monoisotopic (exact) mass is 864 g/mol. The quantitative estimate of drug-likeness (QED) is 0.100. The van der Waals surface area contributed by atoms with Crippen LogP contribution in [0.3, 0.4) is 0 Å². The Kier molecular flexibility index (Phi) is 13.5. The standard InChI is InChI=1S/C21H28N4O4S.C13H13NO.C8H15N3O3S/c1-12(2)25-18(13(3)26)11-19(23-25)30(28,29)24-21(27)22-20-16-8-4-6-14(16)10-15-7-5-9-17(15)20;15-8-14-13-11-5-1-3-9(11)7-10-4-2-6-12(10)13;1-5(2)11-7(6(3)12)4-8(10-11)15(9,13)14/h10-13,26H,4-9H2,1-3H3,(H2,22,24,27);7H,1-6H2;4-6,12H,1-3H3,(H2,9,13,14). The Labute approximate surface area is 351 Å². The molecule has 0 radical (unpaired) electrons. The summed E-state index contributed by atoms with van der Waals surface area (Å²) in [7, 11) is -8.00. The van der Waals surface area contributed by atoms with Crippen LogP contribution in [0.1, 0.15) is 147 Å². The number of aliphatic hydroxyl groups is 2. The number of hydrogen-bond acceptors (Lipinski definition) is 11. The predicted molar refractivity (Wildman–Crippen MR) is 226 cm³/mol. The molecule has 2 heterocycles. The van der Waals surface area contributed by atoms with E-state index in [0.717, 1.165) is 86.7 Å². The van der Waals surface area contributed by atoms with Crippen molar-refractivity contribution in [3.63, 3.8) is 0 Å². The number of fused-ring (bicyclic) bond motifs is 4. The van der Waals surface area contributed by atoms with Crippen LogP contribution in [0.5, 0.6) is 0 Å². The topological polar surface area (TPSA) is 241 Å². The average molecular weight is 865 g/mol. The lowest BCUT2D eigenvalue weighted by atomic mass is 9.99. The number of hydrogen-bond donors (Lipinski definition) is 5. The van der Waals surface area contributed by atoms with Crippen molar-refractivity contribution in [3.05, 3.63) is 80.2 Å². The van der Waals surface area contributed by atoms with E-state index in [1.54, 1.807) is 19.9 Å².